The van der Waals surface area contributed by atoms with Gasteiger partial charge in [-0.2, -0.15) is 0 Å². The van der Waals surface area contributed by atoms with E-state index in [0.717, 1.165) is 51.9 Å². The highest BCUT2D eigenvalue weighted by Gasteiger charge is 2.33. The van der Waals surface area contributed by atoms with E-state index in [1.165, 1.54) is 24.0 Å². The van der Waals surface area contributed by atoms with Gasteiger partial charge in [-0.05, 0) is 75.6 Å². The van der Waals surface area contributed by atoms with Gasteiger partial charge in [0.05, 0.1) is 6.10 Å². The molecule has 2 fully saturated rings. The van der Waals surface area contributed by atoms with Crippen molar-refractivity contribution in [2.75, 3.05) is 46.0 Å². The number of likely N-dealkylation sites (tertiary alicyclic amines) is 1. The summed E-state index contributed by atoms with van der Waals surface area (Å²) in [4.78, 5) is 18.0. The third-order valence-corrected chi connectivity index (χ3v) is 7.57. The molecule has 4 aliphatic rings. The Hall–Kier alpha value is -2.05. The predicted molar refractivity (Wildman–Crippen MR) is 122 cm³/mol. The number of carbonyl (C=O) groups excluding carboxylic acids is 1. The van der Waals surface area contributed by atoms with E-state index in [9.17, 15) is 4.79 Å². The number of allylic oxidation sites excluding steroid dienone is 1. The van der Waals surface area contributed by atoms with Crippen molar-refractivity contribution in [2.24, 2.45) is 5.92 Å². The Morgan fingerprint density at radius 2 is 1.72 bits per heavy atom. The van der Waals surface area contributed by atoms with E-state index in [4.69, 9.17) is 14.2 Å². The van der Waals surface area contributed by atoms with Crippen LogP contribution in [0.4, 0.5) is 0 Å². The first-order valence-electron chi connectivity index (χ1n) is 12.4. The molecular weight excluding hydrogens is 404 g/mol. The van der Waals surface area contributed by atoms with E-state index in [-0.39, 0.29) is 12.0 Å². The largest absolute Gasteiger partial charge is 0.491 e. The summed E-state index contributed by atoms with van der Waals surface area (Å²) < 4.78 is 17.2. The molecule has 1 amide bonds. The lowest BCUT2D eigenvalue weighted by molar-refractivity contribution is -0.135. The number of piperidine rings is 1. The van der Waals surface area contributed by atoms with Crippen LogP contribution in [0.3, 0.4) is 0 Å². The molecule has 6 nitrogen and oxygen atoms in total. The Bertz CT molecular complexity index is 815. The van der Waals surface area contributed by atoms with Crippen LogP contribution in [0.5, 0.6) is 0 Å². The number of ether oxygens (including phenoxy) is 3. The average Bonchev–Trinajstić information content (AvgIpc) is 3.49. The van der Waals surface area contributed by atoms with E-state index in [0.29, 0.717) is 43.2 Å². The van der Waals surface area contributed by atoms with Crippen LogP contribution in [-0.4, -0.2) is 73.9 Å². The lowest BCUT2D eigenvalue weighted by Gasteiger charge is -2.38. The van der Waals surface area contributed by atoms with E-state index < -0.39 is 0 Å². The van der Waals surface area contributed by atoms with Gasteiger partial charge >= 0.3 is 0 Å². The molecule has 174 valence electrons. The van der Waals surface area contributed by atoms with Crippen LogP contribution in [0.25, 0.3) is 0 Å². The molecule has 2 saturated heterocycles. The summed E-state index contributed by atoms with van der Waals surface area (Å²) in [6.07, 6.45) is 6.87. The van der Waals surface area contributed by atoms with E-state index in [1.54, 1.807) is 0 Å². The van der Waals surface area contributed by atoms with Crippen LogP contribution in [0.15, 0.2) is 35.8 Å². The number of rotatable bonds is 6. The highest BCUT2D eigenvalue weighted by atomic mass is 16.6. The van der Waals surface area contributed by atoms with E-state index in [1.807, 2.05) is 11.8 Å². The number of fused-ring (bicyclic) bond motifs is 1. The van der Waals surface area contributed by atoms with Gasteiger partial charge in [0, 0.05) is 25.7 Å². The molecule has 0 bridgehead atoms. The Labute approximate surface area is 191 Å². The Balaban J connectivity index is 1.19. The van der Waals surface area contributed by atoms with Crippen LogP contribution in [0.1, 0.15) is 43.7 Å². The van der Waals surface area contributed by atoms with Crippen molar-refractivity contribution in [1.82, 2.24) is 9.80 Å². The molecule has 0 saturated carbocycles. The van der Waals surface area contributed by atoms with Gasteiger partial charge in [-0.1, -0.05) is 24.3 Å². The predicted octanol–water partition coefficient (Wildman–Crippen LogP) is 3.15. The van der Waals surface area contributed by atoms with E-state index in [2.05, 4.69) is 29.2 Å². The zero-order valence-corrected chi connectivity index (χ0v) is 19.3. The Morgan fingerprint density at radius 1 is 1.00 bits per heavy atom. The SMILES string of the molecule is CC1=C(C(=O)N(CC2CCN(C3Cc4ccccc4C3)CC2)C[C@@H]2CCCO2)OCCO1. The van der Waals surface area contributed by atoms with Crippen LogP contribution in [0, 0.1) is 5.92 Å². The van der Waals surface area contributed by atoms with Crippen molar-refractivity contribution < 1.29 is 19.0 Å². The molecule has 3 aliphatic heterocycles. The molecule has 5 rings (SSSR count). The maximum atomic E-state index is 13.4. The van der Waals surface area contributed by atoms with Crippen LogP contribution in [-0.2, 0) is 31.8 Å². The normalized spacial score (nSPS) is 24.8. The number of amides is 1. The number of nitrogens with zero attached hydrogens (tertiary/aromatic N) is 2. The summed E-state index contributed by atoms with van der Waals surface area (Å²) in [7, 11) is 0. The molecule has 1 aromatic rings. The molecule has 0 spiro atoms. The van der Waals surface area contributed by atoms with Gasteiger partial charge in [0.1, 0.15) is 19.0 Å². The third kappa shape index (κ3) is 4.81. The van der Waals surface area contributed by atoms with Gasteiger partial charge in [-0.15, -0.1) is 0 Å². The quantitative estimate of drug-likeness (QED) is 0.680. The summed E-state index contributed by atoms with van der Waals surface area (Å²) in [6, 6.07) is 9.52. The fourth-order valence-corrected chi connectivity index (χ4v) is 5.74. The summed E-state index contributed by atoms with van der Waals surface area (Å²) in [6.45, 7) is 7.24. The highest BCUT2D eigenvalue weighted by Crippen LogP contribution is 2.29. The van der Waals surface area contributed by atoms with Gasteiger partial charge in [0.2, 0.25) is 5.76 Å². The van der Waals surface area contributed by atoms with Crippen molar-refractivity contribution in [3.63, 3.8) is 0 Å². The maximum Gasteiger partial charge on any atom is 0.292 e. The van der Waals surface area contributed by atoms with E-state index >= 15 is 0 Å². The van der Waals surface area contributed by atoms with Crippen LogP contribution < -0.4 is 0 Å². The first kappa shape index (κ1) is 21.8. The second-order valence-electron chi connectivity index (χ2n) is 9.74. The summed E-state index contributed by atoms with van der Waals surface area (Å²) >= 11 is 0. The van der Waals surface area contributed by atoms with Crippen LogP contribution >= 0.6 is 0 Å². The number of hydrogen-bond acceptors (Lipinski definition) is 5. The molecule has 3 heterocycles. The van der Waals surface area contributed by atoms with Gasteiger partial charge in [-0.25, -0.2) is 0 Å². The minimum Gasteiger partial charge on any atom is -0.491 e. The second-order valence-corrected chi connectivity index (χ2v) is 9.74. The lowest BCUT2D eigenvalue weighted by Crippen LogP contribution is -2.47. The number of hydrogen-bond donors (Lipinski definition) is 0. The minimum absolute atomic E-state index is 0.0358. The Kier molecular flexibility index (Phi) is 6.69. The number of carbonyl (C=O) groups is 1. The van der Waals surface area contributed by atoms with Gasteiger partial charge < -0.3 is 19.1 Å². The van der Waals surface area contributed by atoms with Gasteiger partial charge in [0.25, 0.3) is 5.91 Å². The molecule has 0 radical (unpaired) electrons. The molecule has 6 heteroatoms. The Morgan fingerprint density at radius 3 is 2.38 bits per heavy atom. The van der Waals surface area contributed by atoms with Crippen LogP contribution in [0.2, 0.25) is 0 Å². The van der Waals surface area contributed by atoms with Gasteiger partial charge in [0.15, 0.2) is 0 Å². The first-order valence-corrected chi connectivity index (χ1v) is 12.4. The summed E-state index contributed by atoms with van der Waals surface area (Å²) in [5.41, 5.74) is 3.04. The monoisotopic (exact) mass is 440 g/mol. The fraction of sp³-hybridized carbons (Fsp3) is 0.654. The molecule has 0 N–H and O–H groups in total. The standard InChI is InChI=1S/C26H36N2O4/c1-19-25(32-14-13-30-19)26(29)28(18-24-7-4-12-31-24)17-20-8-10-27(11-9-20)23-15-21-5-2-3-6-22(21)16-23/h2-3,5-6,20,23-24H,4,7-18H2,1H3/t24-/m0/s1. The average molecular weight is 441 g/mol. The summed E-state index contributed by atoms with van der Waals surface area (Å²) in [5.74, 6) is 1.47. The molecular formula is C26H36N2O4. The number of benzene rings is 1. The molecule has 0 aromatic heterocycles. The second kappa shape index (κ2) is 9.84. The minimum atomic E-state index is -0.0358. The molecule has 1 atom stereocenters. The first-order chi connectivity index (χ1) is 15.7. The highest BCUT2D eigenvalue weighted by molar-refractivity contribution is 5.92. The van der Waals surface area contributed by atoms with Crippen molar-refractivity contribution in [1.29, 1.82) is 0 Å². The fourth-order valence-electron chi connectivity index (χ4n) is 5.74. The zero-order chi connectivity index (χ0) is 21.9. The topological polar surface area (TPSA) is 51.2 Å². The van der Waals surface area contributed by atoms with Crippen molar-refractivity contribution in [3.05, 3.63) is 46.9 Å². The molecule has 1 aliphatic carbocycles. The summed E-state index contributed by atoms with van der Waals surface area (Å²) in [5, 5.41) is 0. The van der Waals surface area contributed by atoms with Crippen molar-refractivity contribution >= 4 is 5.91 Å². The smallest absolute Gasteiger partial charge is 0.292 e. The molecule has 0 unspecified atom stereocenters. The van der Waals surface area contributed by atoms with Gasteiger partial charge in [-0.3, -0.25) is 9.69 Å². The lowest BCUT2D eigenvalue weighted by atomic mass is 9.94. The maximum absolute atomic E-state index is 13.4. The molecule has 1 aromatic carbocycles. The van der Waals surface area contributed by atoms with Crippen molar-refractivity contribution in [2.45, 2.75) is 57.6 Å². The molecule has 32 heavy (non-hydrogen) atoms. The van der Waals surface area contributed by atoms with Crippen molar-refractivity contribution in [3.8, 4) is 0 Å². The zero-order valence-electron chi connectivity index (χ0n) is 19.3. The third-order valence-electron chi connectivity index (χ3n) is 7.57.